The second-order valence-corrected chi connectivity index (χ2v) is 6.11. The van der Waals surface area contributed by atoms with Gasteiger partial charge in [0.15, 0.2) is 0 Å². The zero-order valence-corrected chi connectivity index (χ0v) is 15.5. The highest BCUT2D eigenvalue weighted by Gasteiger charge is 2.09. The molecule has 1 rings (SSSR count). The fourth-order valence-electron chi connectivity index (χ4n) is 2.53. The molecular formula is C21H32N2O2. The molecule has 0 aromatic heterocycles. The van der Waals surface area contributed by atoms with Gasteiger partial charge in [-0.15, -0.1) is 13.2 Å². The van der Waals surface area contributed by atoms with E-state index in [1.165, 1.54) is 25.7 Å². The summed E-state index contributed by atoms with van der Waals surface area (Å²) in [5.74, 6) is 0.739. The van der Waals surface area contributed by atoms with Gasteiger partial charge in [-0.05, 0) is 18.6 Å². The standard InChI is InChI=1S/C21H32N2O2/c1-4-7-8-9-10-16-25-20-13-11-12-19(17-20)22-21(24)18-23(14-5-2)15-6-3/h5-6,11-13,17H,2-4,7-10,14-16,18H2,1H3,(H,22,24). The lowest BCUT2D eigenvalue weighted by molar-refractivity contribution is -0.117. The molecule has 0 radical (unpaired) electrons. The minimum absolute atomic E-state index is 0.0552. The van der Waals surface area contributed by atoms with Gasteiger partial charge in [-0.1, -0.05) is 50.8 Å². The number of ether oxygens (including phenoxy) is 1. The fourth-order valence-corrected chi connectivity index (χ4v) is 2.53. The number of nitrogens with zero attached hydrogens (tertiary/aromatic N) is 1. The van der Waals surface area contributed by atoms with E-state index in [-0.39, 0.29) is 5.91 Å². The number of anilines is 1. The largest absolute Gasteiger partial charge is 0.494 e. The van der Waals surface area contributed by atoms with Crippen molar-refractivity contribution in [3.63, 3.8) is 0 Å². The first-order chi connectivity index (χ1) is 12.2. The first-order valence-corrected chi connectivity index (χ1v) is 9.16. The monoisotopic (exact) mass is 344 g/mol. The predicted octanol–water partition coefficient (Wildman–Crippen LogP) is 4.65. The van der Waals surface area contributed by atoms with Crippen LogP contribution in [0.1, 0.15) is 39.0 Å². The van der Waals surface area contributed by atoms with Crippen molar-refractivity contribution in [3.05, 3.63) is 49.6 Å². The maximum Gasteiger partial charge on any atom is 0.238 e. The highest BCUT2D eigenvalue weighted by molar-refractivity contribution is 5.92. The van der Waals surface area contributed by atoms with Gasteiger partial charge in [0.1, 0.15) is 5.75 Å². The molecule has 0 spiro atoms. The Labute approximate surface area is 152 Å². The van der Waals surface area contributed by atoms with E-state index in [0.29, 0.717) is 26.2 Å². The summed E-state index contributed by atoms with van der Waals surface area (Å²) < 4.78 is 5.78. The van der Waals surface area contributed by atoms with Crippen molar-refractivity contribution in [3.8, 4) is 5.75 Å². The number of carbonyl (C=O) groups is 1. The molecule has 0 unspecified atom stereocenters. The van der Waals surface area contributed by atoms with Crippen molar-refractivity contribution in [2.45, 2.75) is 39.0 Å². The molecule has 138 valence electrons. The Morgan fingerprint density at radius 2 is 1.88 bits per heavy atom. The van der Waals surface area contributed by atoms with Crippen molar-refractivity contribution in [1.29, 1.82) is 0 Å². The third-order valence-electron chi connectivity index (χ3n) is 3.78. The van der Waals surface area contributed by atoms with Gasteiger partial charge in [0, 0.05) is 24.8 Å². The van der Waals surface area contributed by atoms with Crippen LogP contribution in [-0.4, -0.2) is 37.0 Å². The maximum absolute atomic E-state index is 12.2. The van der Waals surface area contributed by atoms with E-state index in [4.69, 9.17) is 4.74 Å². The number of amides is 1. The molecule has 25 heavy (non-hydrogen) atoms. The topological polar surface area (TPSA) is 41.6 Å². The third kappa shape index (κ3) is 9.72. The van der Waals surface area contributed by atoms with Crippen LogP contribution < -0.4 is 10.1 Å². The van der Waals surface area contributed by atoms with E-state index in [9.17, 15) is 4.79 Å². The van der Waals surface area contributed by atoms with E-state index < -0.39 is 0 Å². The number of carbonyl (C=O) groups excluding carboxylic acids is 1. The number of rotatable bonds is 14. The number of unbranched alkanes of at least 4 members (excludes halogenated alkanes) is 4. The molecular weight excluding hydrogens is 312 g/mol. The first-order valence-electron chi connectivity index (χ1n) is 9.16. The highest BCUT2D eigenvalue weighted by atomic mass is 16.5. The van der Waals surface area contributed by atoms with Gasteiger partial charge in [0.25, 0.3) is 0 Å². The Hall–Kier alpha value is -2.07. The van der Waals surface area contributed by atoms with Gasteiger partial charge < -0.3 is 10.1 Å². The second-order valence-electron chi connectivity index (χ2n) is 6.11. The lowest BCUT2D eigenvalue weighted by atomic mass is 10.2. The SMILES string of the molecule is C=CCN(CC=C)CC(=O)Nc1cccc(OCCCCCCC)c1. The Kier molecular flexibility index (Phi) is 11.1. The van der Waals surface area contributed by atoms with Crippen LogP contribution in [0, 0.1) is 0 Å². The number of hydrogen-bond donors (Lipinski definition) is 1. The Morgan fingerprint density at radius 3 is 2.56 bits per heavy atom. The number of hydrogen-bond acceptors (Lipinski definition) is 3. The Bertz CT molecular complexity index is 518. The third-order valence-corrected chi connectivity index (χ3v) is 3.78. The highest BCUT2D eigenvalue weighted by Crippen LogP contribution is 2.18. The van der Waals surface area contributed by atoms with Crippen molar-refractivity contribution in [2.24, 2.45) is 0 Å². The van der Waals surface area contributed by atoms with Crippen LogP contribution in [0.5, 0.6) is 5.75 Å². The van der Waals surface area contributed by atoms with E-state index >= 15 is 0 Å². The Morgan fingerprint density at radius 1 is 1.16 bits per heavy atom. The summed E-state index contributed by atoms with van der Waals surface area (Å²) in [5, 5.41) is 2.92. The molecule has 0 heterocycles. The summed E-state index contributed by atoms with van der Waals surface area (Å²) >= 11 is 0. The van der Waals surface area contributed by atoms with Crippen LogP contribution in [-0.2, 0) is 4.79 Å². The summed E-state index contributed by atoms with van der Waals surface area (Å²) in [6, 6.07) is 7.56. The van der Waals surface area contributed by atoms with Crippen molar-refractivity contribution in [2.75, 3.05) is 31.6 Å². The molecule has 1 N–H and O–H groups in total. The lowest BCUT2D eigenvalue weighted by Gasteiger charge is -2.18. The summed E-state index contributed by atoms with van der Waals surface area (Å²) in [4.78, 5) is 14.1. The zero-order valence-electron chi connectivity index (χ0n) is 15.5. The smallest absolute Gasteiger partial charge is 0.238 e. The minimum Gasteiger partial charge on any atom is -0.494 e. The molecule has 4 nitrogen and oxygen atoms in total. The molecule has 4 heteroatoms. The molecule has 0 aliphatic carbocycles. The molecule has 0 bridgehead atoms. The van der Waals surface area contributed by atoms with Gasteiger partial charge in [-0.2, -0.15) is 0 Å². The van der Waals surface area contributed by atoms with Crippen molar-refractivity contribution >= 4 is 11.6 Å². The maximum atomic E-state index is 12.2. The molecule has 1 amide bonds. The molecule has 0 aliphatic heterocycles. The van der Waals surface area contributed by atoms with Gasteiger partial charge in [-0.3, -0.25) is 9.69 Å². The number of nitrogens with one attached hydrogen (secondary N) is 1. The molecule has 0 atom stereocenters. The molecule has 0 saturated carbocycles. The van der Waals surface area contributed by atoms with Gasteiger partial charge in [0.05, 0.1) is 13.2 Å². The predicted molar refractivity (Wildman–Crippen MR) is 106 cm³/mol. The average Bonchev–Trinajstić information content (AvgIpc) is 2.59. The van der Waals surface area contributed by atoms with Gasteiger partial charge in [0.2, 0.25) is 5.91 Å². The van der Waals surface area contributed by atoms with Crippen molar-refractivity contribution in [1.82, 2.24) is 4.90 Å². The van der Waals surface area contributed by atoms with Crippen LogP contribution in [0.4, 0.5) is 5.69 Å². The van der Waals surface area contributed by atoms with E-state index in [1.54, 1.807) is 12.2 Å². The molecule has 0 aliphatic rings. The molecule has 1 aromatic carbocycles. The minimum atomic E-state index is -0.0552. The van der Waals surface area contributed by atoms with Crippen LogP contribution in [0.2, 0.25) is 0 Å². The average molecular weight is 344 g/mol. The van der Waals surface area contributed by atoms with Gasteiger partial charge in [-0.25, -0.2) is 0 Å². The lowest BCUT2D eigenvalue weighted by Crippen LogP contribution is -2.33. The van der Waals surface area contributed by atoms with Crippen LogP contribution in [0.15, 0.2) is 49.6 Å². The molecule has 0 fully saturated rings. The van der Waals surface area contributed by atoms with E-state index in [0.717, 1.165) is 17.9 Å². The van der Waals surface area contributed by atoms with E-state index in [2.05, 4.69) is 25.4 Å². The summed E-state index contributed by atoms with van der Waals surface area (Å²) in [6.07, 6.45) is 9.64. The van der Waals surface area contributed by atoms with Crippen molar-refractivity contribution < 1.29 is 9.53 Å². The molecule has 0 saturated heterocycles. The van der Waals surface area contributed by atoms with Crippen LogP contribution in [0.3, 0.4) is 0 Å². The summed E-state index contributed by atoms with van der Waals surface area (Å²) in [7, 11) is 0. The van der Waals surface area contributed by atoms with E-state index in [1.807, 2.05) is 29.2 Å². The van der Waals surface area contributed by atoms with Gasteiger partial charge >= 0.3 is 0 Å². The molecule has 1 aromatic rings. The summed E-state index contributed by atoms with van der Waals surface area (Å²) in [6.45, 7) is 12.0. The number of benzene rings is 1. The quantitative estimate of drug-likeness (QED) is 0.394. The van der Waals surface area contributed by atoms with Crippen LogP contribution >= 0.6 is 0 Å². The summed E-state index contributed by atoms with van der Waals surface area (Å²) in [5.41, 5.74) is 0.755. The fraction of sp³-hybridized carbons (Fsp3) is 0.476. The van der Waals surface area contributed by atoms with Crippen LogP contribution in [0.25, 0.3) is 0 Å². The second kappa shape index (κ2) is 13.2. The Balaban J connectivity index is 2.41. The zero-order chi connectivity index (χ0) is 18.3. The first kappa shape index (κ1) is 21.0. The normalized spacial score (nSPS) is 10.5.